The lowest BCUT2D eigenvalue weighted by atomic mass is 10.0. The maximum absolute atomic E-state index is 12.2. The molecular weight excluding hydrogens is 378 g/mol. The molecule has 1 amide bonds. The highest BCUT2D eigenvalue weighted by molar-refractivity contribution is 5.97. The second kappa shape index (κ2) is 9.70. The molecule has 0 aliphatic carbocycles. The monoisotopic (exact) mass is 401 g/mol. The standard InChI is InChI=1S/C21H23NO7/c1-3-14-8-16(12(2)24)18(25)9-19(14)29-11-13-5-4-6-15(7-13)20(26)22-17(10-23)21(27)28/h4-9,17,23,25H,3,10-11H2,1-2H3,(H,22,26)(H,27,28). The molecule has 0 saturated heterocycles. The SMILES string of the molecule is CCc1cc(C(C)=O)c(O)cc1OCc1cccc(C(=O)NC(CO)C(=O)O)c1. The molecular formula is C21H23NO7. The van der Waals surface area contributed by atoms with Gasteiger partial charge >= 0.3 is 5.97 Å². The Bertz CT molecular complexity index is 923. The quantitative estimate of drug-likeness (QED) is 0.472. The number of phenols is 1. The van der Waals surface area contributed by atoms with E-state index in [2.05, 4.69) is 5.32 Å². The number of rotatable bonds is 9. The van der Waals surface area contributed by atoms with E-state index in [0.29, 0.717) is 17.7 Å². The second-order valence-electron chi connectivity index (χ2n) is 6.42. The molecule has 0 spiro atoms. The average Bonchev–Trinajstić information content (AvgIpc) is 2.69. The summed E-state index contributed by atoms with van der Waals surface area (Å²) in [5.74, 6) is -1.95. The van der Waals surface area contributed by atoms with Crippen molar-refractivity contribution in [2.75, 3.05) is 6.61 Å². The van der Waals surface area contributed by atoms with Gasteiger partial charge in [-0.15, -0.1) is 0 Å². The molecule has 0 bridgehead atoms. The lowest BCUT2D eigenvalue weighted by Gasteiger charge is -2.14. The third-order valence-electron chi connectivity index (χ3n) is 4.31. The van der Waals surface area contributed by atoms with Crippen LogP contribution in [0.3, 0.4) is 0 Å². The van der Waals surface area contributed by atoms with Gasteiger partial charge in [-0.05, 0) is 42.7 Å². The van der Waals surface area contributed by atoms with Crippen LogP contribution in [0.25, 0.3) is 0 Å². The van der Waals surface area contributed by atoms with Crippen LogP contribution in [0.1, 0.15) is 45.7 Å². The number of hydrogen-bond donors (Lipinski definition) is 4. The van der Waals surface area contributed by atoms with E-state index in [-0.39, 0.29) is 29.3 Å². The van der Waals surface area contributed by atoms with Crippen molar-refractivity contribution in [3.8, 4) is 11.5 Å². The van der Waals surface area contributed by atoms with Crippen molar-refractivity contribution in [1.29, 1.82) is 0 Å². The first kappa shape index (κ1) is 21.9. The highest BCUT2D eigenvalue weighted by atomic mass is 16.5. The number of Topliss-reactive ketones (excluding diaryl/α,β-unsaturated/α-hetero) is 1. The highest BCUT2D eigenvalue weighted by Crippen LogP contribution is 2.30. The Morgan fingerprint density at radius 2 is 1.90 bits per heavy atom. The van der Waals surface area contributed by atoms with Gasteiger partial charge < -0.3 is 25.4 Å². The number of aliphatic carboxylic acids is 1. The summed E-state index contributed by atoms with van der Waals surface area (Å²) in [6.45, 7) is 2.64. The maximum Gasteiger partial charge on any atom is 0.328 e. The first-order valence-corrected chi connectivity index (χ1v) is 8.99. The number of benzene rings is 2. The maximum atomic E-state index is 12.2. The van der Waals surface area contributed by atoms with E-state index >= 15 is 0 Å². The number of carbonyl (C=O) groups excluding carboxylic acids is 2. The number of phenolic OH excluding ortho intramolecular Hbond substituents is 1. The molecule has 1 atom stereocenters. The van der Waals surface area contributed by atoms with Gasteiger partial charge in [-0.2, -0.15) is 0 Å². The lowest BCUT2D eigenvalue weighted by molar-refractivity contribution is -0.140. The number of aliphatic hydroxyl groups is 1. The Morgan fingerprint density at radius 1 is 1.17 bits per heavy atom. The fourth-order valence-electron chi connectivity index (χ4n) is 2.70. The van der Waals surface area contributed by atoms with Crippen molar-refractivity contribution < 1.29 is 34.4 Å². The van der Waals surface area contributed by atoms with Gasteiger partial charge in [0.25, 0.3) is 5.91 Å². The van der Waals surface area contributed by atoms with Gasteiger partial charge in [-0.3, -0.25) is 9.59 Å². The summed E-state index contributed by atoms with van der Waals surface area (Å²) in [5.41, 5.74) is 1.85. The lowest BCUT2D eigenvalue weighted by Crippen LogP contribution is -2.43. The van der Waals surface area contributed by atoms with Crippen molar-refractivity contribution in [3.63, 3.8) is 0 Å². The Hall–Kier alpha value is -3.39. The van der Waals surface area contributed by atoms with E-state index in [1.807, 2.05) is 6.92 Å². The number of aliphatic hydroxyl groups excluding tert-OH is 1. The molecule has 0 radical (unpaired) electrons. The molecule has 1 unspecified atom stereocenters. The molecule has 0 fully saturated rings. The summed E-state index contributed by atoms with van der Waals surface area (Å²) in [6, 6.07) is 8.01. The van der Waals surface area contributed by atoms with Gasteiger partial charge in [0.2, 0.25) is 0 Å². The van der Waals surface area contributed by atoms with E-state index in [4.69, 9.17) is 14.9 Å². The molecule has 0 aliphatic heterocycles. The average molecular weight is 401 g/mol. The van der Waals surface area contributed by atoms with Crippen molar-refractivity contribution in [3.05, 3.63) is 58.7 Å². The Kier molecular flexibility index (Phi) is 7.33. The largest absolute Gasteiger partial charge is 0.507 e. The van der Waals surface area contributed by atoms with Crippen LogP contribution in [-0.2, 0) is 17.8 Å². The van der Waals surface area contributed by atoms with Crippen molar-refractivity contribution in [1.82, 2.24) is 5.32 Å². The van der Waals surface area contributed by atoms with Crippen LogP contribution in [-0.4, -0.2) is 45.6 Å². The van der Waals surface area contributed by atoms with E-state index in [0.717, 1.165) is 5.56 Å². The van der Waals surface area contributed by atoms with Crippen LogP contribution < -0.4 is 10.1 Å². The predicted molar refractivity (Wildman–Crippen MR) is 104 cm³/mol. The number of carbonyl (C=O) groups is 3. The molecule has 2 rings (SSSR count). The first-order valence-electron chi connectivity index (χ1n) is 8.99. The zero-order valence-electron chi connectivity index (χ0n) is 16.1. The topological polar surface area (TPSA) is 133 Å². The summed E-state index contributed by atoms with van der Waals surface area (Å²) < 4.78 is 5.77. The zero-order chi connectivity index (χ0) is 21.6. The third-order valence-corrected chi connectivity index (χ3v) is 4.31. The minimum Gasteiger partial charge on any atom is -0.507 e. The number of amides is 1. The van der Waals surface area contributed by atoms with Crippen LogP contribution in [0, 0.1) is 0 Å². The van der Waals surface area contributed by atoms with Gasteiger partial charge in [0, 0.05) is 11.6 Å². The first-order chi connectivity index (χ1) is 13.8. The number of ether oxygens (including phenoxy) is 1. The molecule has 0 aliphatic rings. The number of hydrogen-bond acceptors (Lipinski definition) is 6. The fourth-order valence-corrected chi connectivity index (χ4v) is 2.70. The van der Waals surface area contributed by atoms with Crippen LogP contribution in [0.4, 0.5) is 0 Å². The second-order valence-corrected chi connectivity index (χ2v) is 6.42. The van der Waals surface area contributed by atoms with Gasteiger partial charge in [0.05, 0.1) is 12.2 Å². The summed E-state index contributed by atoms with van der Waals surface area (Å²) in [4.78, 5) is 34.7. The van der Waals surface area contributed by atoms with Gasteiger partial charge in [-0.1, -0.05) is 19.1 Å². The molecule has 0 heterocycles. The summed E-state index contributed by atoms with van der Waals surface area (Å²) in [6.07, 6.45) is 0.593. The number of aromatic hydroxyl groups is 1. The molecule has 0 saturated carbocycles. The van der Waals surface area contributed by atoms with Crippen molar-refractivity contribution in [2.24, 2.45) is 0 Å². The van der Waals surface area contributed by atoms with E-state index in [1.54, 1.807) is 24.3 Å². The number of nitrogens with one attached hydrogen (secondary N) is 1. The van der Waals surface area contributed by atoms with Crippen LogP contribution in [0.2, 0.25) is 0 Å². The molecule has 154 valence electrons. The predicted octanol–water partition coefficient (Wildman–Crippen LogP) is 1.91. The van der Waals surface area contributed by atoms with Crippen LogP contribution in [0.5, 0.6) is 11.5 Å². The van der Waals surface area contributed by atoms with Crippen LogP contribution in [0.15, 0.2) is 36.4 Å². The van der Waals surface area contributed by atoms with Gasteiger partial charge in [-0.25, -0.2) is 4.79 Å². The summed E-state index contributed by atoms with van der Waals surface area (Å²) >= 11 is 0. The zero-order valence-corrected chi connectivity index (χ0v) is 16.1. The Balaban J connectivity index is 2.15. The number of aryl methyl sites for hydroxylation is 1. The van der Waals surface area contributed by atoms with Gasteiger partial charge in [0.1, 0.15) is 18.1 Å². The molecule has 4 N–H and O–H groups in total. The minimum atomic E-state index is -1.39. The minimum absolute atomic E-state index is 0.0926. The number of ketones is 1. The molecule has 2 aromatic rings. The summed E-state index contributed by atoms with van der Waals surface area (Å²) in [5, 5.41) is 30.2. The smallest absolute Gasteiger partial charge is 0.328 e. The highest BCUT2D eigenvalue weighted by Gasteiger charge is 2.19. The van der Waals surface area contributed by atoms with Gasteiger partial charge in [0.15, 0.2) is 11.8 Å². The fraction of sp³-hybridized carbons (Fsp3) is 0.286. The molecule has 29 heavy (non-hydrogen) atoms. The third kappa shape index (κ3) is 5.55. The van der Waals surface area contributed by atoms with Crippen LogP contribution >= 0.6 is 0 Å². The molecule has 8 heteroatoms. The Morgan fingerprint density at radius 3 is 2.48 bits per heavy atom. The van der Waals surface area contributed by atoms with E-state index in [9.17, 15) is 19.5 Å². The molecule has 8 nitrogen and oxygen atoms in total. The normalized spacial score (nSPS) is 11.6. The number of carboxylic acids is 1. The van der Waals surface area contributed by atoms with E-state index in [1.165, 1.54) is 19.1 Å². The molecule has 2 aromatic carbocycles. The number of carboxylic acid groups (broad SMARTS) is 1. The van der Waals surface area contributed by atoms with Crippen molar-refractivity contribution >= 4 is 17.7 Å². The Labute approximate surface area is 167 Å². The van der Waals surface area contributed by atoms with E-state index < -0.39 is 24.5 Å². The van der Waals surface area contributed by atoms with Crippen molar-refractivity contribution in [2.45, 2.75) is 32.9 Å². The molecule has 0 aromatic heterocycles. The summed E-state index contributed by atoms with van der Waals surface area (Å²) in [7, 11) is 0.